The molecule has 2 amide bonds. The first-order valence-corrected chi connectivity index (χ1v) is 3.80. The van der Waals surface area contributed by atoms with Gasteiger partial charge in [0, 0.05) is 0 Å². The molecule has 0 radical (unpaired) electrons. The molecule has 0 N–H and O–H groups in total. The van der Waals surface area contributed by atoms with Gasteiger partial charge in [0.2, 0.25) is 0 Å². The lowest BCUT2D eigenvalue weighted by Crippen LogP contribution is -2.12. The van der Waals surface area contributed by atoms with Crippen LogP contribution in [0.1, 0.15) is 26.3 Å². The molecule has 1 heterocycles. The third-order valence-corrected chi connectivity index (χ3v) is 1.95. The van der Waals surface area contributed by atoms with Crippen molar-refractivity contribution >= 4 is 11.8 Å². The number of fused-ring (bicyclic) bond motifs is 1. The van der Waals surface area contributed by atoms with E-state index >= 15 is 0 Å². The number of amides is 2. The van der Waals surface area contributed by atoms with Crippen molar-refractivity contribution in [2.45, 2.75) is 6.92 Å². The zero-order chi connectivity index (χ0) is 9.42. The fourth-order valence-corrected chi connectivity index (χ4v) is 1.32. The van der Waals surface area contributed by atoms with Crippen molar-refractivity contribution in [1.82, 2.24) is 0 Å². The Hall–Kier alpha value is -1.84. The molecule has 4 nitrogen and oxygen atoms in total. The molecule has 1 aromatic carbocycles. The summed E-state index contributed by atoms with van der Waals surface area (Å²) in [7, 11) is 0. The Labute approximate surface area is 74.3 Å². The van der Waals surface area contributed by atoms with E-state index in [0.717, 1.165) is 5.56 Å². The van der Waals surface area contributed by atoms with Crippen LogP contribution in [0.2, 0.25) is 0 Å². The minimum absolute atomic E-state index is 0.347. The fourth-order valence-electron chi connectivity index (χ4n) is 1.32. The molecule has 0 saturated carbocycles. The third-order valence-electron chi connectivity index (χ3n) is 1.95. The first-order valence-electron chi connectivity index (χ1n) is 3.80. The highest BCUT2D eigenvalue weighted by atomic mass is 16.2. The largest absolute Gasteiger partial charge is 0.296 e. The van der Waals surface area contributed by atoms with E-state index in [4.69, 9.17) is 0 Å². The van der Waals surface area contributed by atoms with Gasteiger partial charge in [-0.1, -0.05) is 12.1 Å². The van der Waals surface area contributed by atoms with Gasteiger partial charge in [-0.3, -0.25) is 9.59 Å². The lowest BCUT2D eigenvalue weighted by molar-refractivity contribution is 0.0920. The van der Waals surface area contributed by atoms with Crippen molar-refractivity contribution in [2.75, 3.05) is 0 Å². The topological polar surface area (TPSA) is 58.9 Å². The SMILES string of the molecule is Cc1cccc2c1C(=O)N=NC2=O. The van der Waals surface area contributed by atoms with Gasteiger partial charge in [0.15, 0.2) is 0 Å². The minimum atomic E-state index is -0.446. The number of azo groups is 1. The molecule has 0 fully saturated rings. The zero-order valence-corrected chi connectivity index (χ0v) is 6.94. The molecule has 2 rings (SSSR count). The highest BCUT2D eigenvalue weighted by Crippen LogP contribution is 2.20. The average molecular weight is 174 g/mol. The van der Waals surface area contributed by atoms with Crippen molar-refractivity contribution < 1.29 is 9.59 Å². The minimum Gasteiger partial charge on any atom is -0.265 e. The Balaban J connectivity index is 2.76. The smallest absolute Gasteiger partial charge is 0.265 e. The van der Waals surface area contributed by atoms with Gasteiger partial charge in [0.25, 0.3) is 11.8 Å². The molecule has 0 aromatic heterocycles. The molecule has 0 unspecified atom stereocenters. The Kier molecular flexibility index (Phi) is 1.55. The van der Waals surface area contributed by atoms with Crippen LogP contribution in [0.4, 0.5) is 0 Å². The first kappa shape index (κ1) is 7.79. The number of rotatable bonds is 0. The van der Waals surface area contributed by atoms with Crippen LogP contribution in [0.3, 0.4) is 0 Å². The predicted octanol–water partition coefficient (Wildman–Crippen LogP) is 1.74. The Morgan fingerprint density at radius 2 is 1.77 bits per heavy atom. The summed E-state index contributed by atoms with van der Waals surface area (Å²) in [5, 5.41) is 6.48. The molecular formula is C9H6N2O2. The quantitative estimate of drug-likeness (QED) is 0.601. The fraction of sp³-hybridized carbons (Fsp3) is 0.111. The number of benzene rings is 1. The van der Waals surface area contributed by atoms with Gasteiger partial charge in [0.05, 0.1) is 11.1 Å². The Bertz CT molecular complexity index is 435. The summed E-state index contributed by atoms with van der Waals surface area (Å²) in [6, 6.07) is 5.08. The van der Waals surface area contributed by atoms with Gasteiger partial charge in [-0.25, -0.2) is 0 Å². The van der Waals surface area contributed by atoms with Crippen molar-refractivity contribution in [1.29, 1.82) is 0 Å². The molecule has 0 atom stereocenters. The molecule has 0 aliphatic carbocycles. The number of hydrogen-bond acceptors (Lipinski definition) is 2. The second kappa shape index (κ2) is 2.58. The van der Waals surface area contributed by atoms with Crippen LogP contribution in [-0.2, 0) is 0 Å². The molecular weight excluding hydrogens is 168 g/mol. The normalized spacial score (nSPS) is 14.5. The van der Waals surface area contributed by atoms with E-state index in [1.165, 1.54) is 0 Å². The second-order valence-corrected chi connectivity index (χ2v) is 2.81. The summed E-state index contributed by atoms with van der Waals surface area (Å²) in [5.74, 6) is -0.883. The van der Waals surface area contributed by atoms with Gasteiger partial charge in [0.1, 0.15) is 0 Å². The lowest BCUT2D eigenvalue weighted by Gasteiger charge is -2.08. The van der Waals surface area contributed by atoms with Crippen molar-refractivity contribution in [3.8, 4) is 0 Å². The molecule has 1 aliphatic rings. The molecule has 0 spiro atoms. The van der Waals surface area contributed by atoms with Crippen LogP contribution < -0.4 is 0 Å². The summed E-state index contributed by atoms with van der Waals surface area (Å²) >= 11 is 0. The second-order valence-electron chi connectivity index (χ2n) is 2.81. The van der Waals surface area contributed by atoms with Crippen LogP contribution in [0.25, 0.3) is 0 Å². The van der Waals surface area contributed by atoms with E-state index in [1.54, 1.807) is 25.1 Å². The van der Waals surface area contributed by atoms with E-state index in [-0.39, 0.29) is 0 Å². The summed E-state index contributed by atoms with van der Waals surface area (Å²) in [5.41, 5.74) is 1.48. The van der Waals surface area contributed by atoms with Crippen LogP contribution in [0, 0.1) is 6.92 Å². The van der Waals surface area contributed by atoms with Crippen LogP contribution in [0.5, 0.6) is 0 Å². The average Bonchev–Trinajstić information content (AvgIpc) is 2.12. The summed E-state index contributed by atoms with van der Waals surface area (Å²) < 4.78 is 0. The van der Waals surface area contributed by atoms with Crippen molar-refractivity contribution in [3.63, 3.8) is 0 Å². The molecule has 0 saturated heterocycles. The van der Waals surface area contributed by atoms with Crippen molar-refractivity contribution in [2.24, 2.45) is 10.2 Å². The van der Waals surface area contributed by atoms with Crippen LogP contribution >= 0.6 is 0 Å². The number of carbonyl (C=O) groups is 2. The number of hydrogen-bond donors (Lipinski definition) is 0. The summed E-state index contributed by atoms with van der Waals surface area (Å²) in [4.78, 5) is 22.4. The van der Waals surface area contributed by atoms with Gasteiger partial charge in [-0.2, -0.15) is 0 Å². The maximum Gasteiger partial charge on any atom is 0.296 e. The monoisotopic (exact) mass is 174 g/mol. The molecule has 64 valence electrons. The number of carbonyl (C=O) groups excluding carboxylic acids is 2. The van der Waals surface area contributed by atoms with E-state index in [1.807, 2.05) is 0 Å². The van der Waals surface area contributed by atoms with Crippen molar-refractivity contribution in [3.05, 3.63) is 34.9 Å². The number of nitrogens with zero attached hydrogens (tertiary/aromatic N) is 2. The molecule has 1 aromatic rings. The highest BCUT2D eigenvalue weighted by molar-refractivity contribution is 6.11. The maximum atomic E-state index is 11.2. The van der Waals surface area contributed by atoms with Gasteiger partial charge in [-0.15, -0.1) is 10.2 Å². The molecule has 13 heavy (non-hydrogen) atoms. The van der Waals surface area contributed by atoms with E-state index in [0.29, 0.717) is 11.1 Å². The van der Waals surface area contributed by atoms with Gasteiger partial charge >= 0.3 is 0 Å². The standard InChI is InChI=1S/C9H6N2O2/c1-5-3-2-4-6-7(5)9(13)11-10-8(6)12/h2-4H,1H3. The lowest BCUT2D eigenvalue weighted by atomic mass is 10.0. The van der Waals surface area contributed by atoms with E-state index in [2.05, 4.69) is 10.2 Å². The molecule has 0 bridgehead atoms. The van der Waals surface area contributed by atoms with Crippen LogP contribution in [0.15, 0.2) is 28.4 Å². The maximum absolute atomic E-state index is 11.2. The van der Waals surface area contributed by atoms with Crippen LogP contribution in [-0.4, -0.2) is 11.8 Å². The summed E-state index contributed by atoms with van der Waals surface area (Å²) in [6.45, 7) is 1.77. The molecule has 4 heteroatoms. The van der Waals surface area contributed by atoms with Gasteiger partial charge < -0.3 is 0 Å². The third kappa shape index (κ3) is 1.07. The summed E-state index contributed by atoms with van der Waals surface area (Å²) in [6.07, 6.45) is 0. The predicted molar refractivity (Wildman–Crippen MR) is 44.7 cm³/mol. The Morgan fingerprint density at radius 1 is 1.08 bits per heavy atom. The zero-order valence-electron chi connectivity index (χ0n) is 6.94. The number of aryl methyl sites for hydroxylation is 1. The Morgan fingerprint density at radius 3 is 2.46 bits per heavy atom. The van der Waals surface area contributed by atoms with Gasteiger partial charge in [-0.05, 0) is 18.6 Å². The van der Waals surface area contributed by atoms with E-state index in [9.17, 15) is 9.59 Å². The molecule has 1 aliphatic heterocycles. The first-order chi connectivity index (χ1) is 6.20. The van der Waals surface area contributed by atoms with E-state index < -0.39 is 11.8 Å². The highest BCUT2D eigenvalue weighted by Gasteiger charge is 2.22.